The number of hydrogen-bond acceptors (Lipinski definition) is 2. The number of hydrogen-bond donors (Lipinski definition) is 1. The molecule has 0 heterocycles. The van der Waals surface area contributed by atoms with Gasteiger partial charge in [0, 0.05) is 19.4 Å². The van der Waals surface area contributed by atoms with Crippen LogP contribution in [0, 0.1) is 12.8 Å². The van der Waals surface area contributed by atoms with Crippen LogP contribution in [0.15, 0.2) is 24.3 Å². The van der Waals surface area contributed by atoms with Crippen molar-refractivity contribution in [2.75, 3.05) is 6.54 Å². The first kappa shape index (κ1) is 12.3. The van der Waals surface area contributed by atoms with Crippen molar-refractivity contribution in [1.82, 2.24) is 5.32 Å². The Kier molecular flexibility index (Phi) is 4.32. The highest BCUT2D eigenvalue weighted by Gasteiger charge is 2.17. The lowest BCUT2D eigenvalue weighted by Gasteiger charge is -2.21. The number of carbonyl (C=O) groups is 1. The van der Waals surface area contributed by atoms with Gasteiger partial charge in [-0.15, -0.1) is 0 Å². The Morgan fingerprint density at radius 1 is 1.18 bits per heavy atom. The zero-order valence-corrected chi connectivity index (χ0v) is 10.5. The van der Waals surface area contributed by atoms with Crippen LogP contribution in [-0.4, -0.2) is 12.3 Å². The van der Waals surface area contributed by atoms with Crippen molar-refractivity contribution in [2.24, 2.45) is 5.92 Å². The highest BCUT2D eigenvalue weighted by Crippen LogP contribution is 2.20. The first-order valence-corrected chi connectivity index (χ1v) is 6.52. The minimum atomic E-state index is 0.444. The van der Waals surface area contributed by atoms with E-state index >= 15 is 0 Å². The molecular formula is C15H21NO. The second-order valence-electron chi connectivity index (χ2n) is 5.10. The third kappa shape index (κ3) is 3.97. The first-order chi connectivity index (χ1) is 8.24. The van der Waals surface area contributed by atoms with Crippen LogP contribution in [0.4, 0.5) is 0 Å². The van der Waals surface area contributed by atoms with Gasteiger partial charge in [-0.25, -0.2) is 0 Å². The van der Waals surface area contributed by atoms with Crippen molar-refractivity contribution in [1.29, 1.82) is 0 Å². The molecule has 1 saturated carbocycles. The second-order valence-corrected chi connectivity index (χ2v) is 5.10. The van der Waals surface area contributed by atoms with Crippen molar-refractivity contribution >= 4 is 5.78 Å². The van der Waals surface area contributed by atoms with Crippen molar-refractivity contribution in [3.8, 4) is 0 Å². The SMILES string of the molecule is Cc1ccc(CNCC2CCC(=O)CC2)cc1. The van der Waals surface area contributed by atoms with Crippen molar-refractivity contribution < 1.29 is 4.79 Å². The maximum Gasteiger partial charge on any atom is 0.132 e. The number of rotatable bonds is 4. The molecule has 1 aromatic rings. The molecule has 1 aliphatic carbocycles. The number of nitrogens with one attached hydrogen (secondary N) is 1. The number of benzene rings is 1. The van der Waals surface area contributed by atoms with E-state index in [2.05, 4.69) is 36.5 Å². The molecule has 0 radical (unpaired) electrons. The number of Topliss-reactive ketones (excluding diaryl/α,β-unsaturated/α-hetero) is 1. The fourth-order valence-corrected chi connectivity index (χ4v) is 2.33. The Balaban J connectivity index is 1.69. The van der Waals surface area contributed by atoms with Crippen LogP contribution in [0.5, 0.6) is 0 Å². The molecule has 2 rings (SSSR count). The van der Waals surface area contributed by atoms with Crippen molar-refractivity contribution in [3.63, 3.8) is 0 Å². The fraction of sp³-hybridized carbons (Fsp3) is 0.533. The molecule has 0 saturated heterocycles. The van der Waals surface area contributed by atoms with Crippen molar-refractivity contribution in [3.05, 3.63) is 35.4 Å². The zero-order chi connectivity index (χ0) is 12.1. The molecule has 0 amide bonds. The lowest BCUT2D eigenvalue weighted by atomic mass is 9.88. The summed E-state index contributed by atoms with van der Waals surface area (Å²) in [6, 6.07) is 8.64. The first-order valence-electron chi connectivity index (χ1n) is 6.52. The van der Waals surface area contributed by atoms with Gasteiger partial charge in [0.1, 0.15) is 5.78 Å². The Morgan fingerprint density at radius 2 is 1.82 bits per heavy atom. The van der Waals surface area contributed by atoms with Gasteiger partial charge in [0.05, 0.1) is 0 Å². The van der Waals surface area contributed by atoms with Gasteiger partial charge < -0.3 is 5.32 Å². The second kappa shape index (κ2) is 5.97. The van der Waals surface area contributed by atoms with Gasteiger partial charge in [-0.2, -0.15) is 0 Å². The maximum absolute atomic E-state index is 11.1. The van der Waals surface area contributed by atoms with Crippen LogP contribution in [0.2, 0.25) is 0 Å². The lowest BCUT2D eigenvalue weighted by Crippen LogP contribution is -2.26. The highest BCUT2D eigenvalue weighted by atomic mass is 16.1. The zero-order valence-electron chi connectivity index (χ0n) is 10.5. The molecule has 0 spiro atoms. The summed E-state index contributed by atoms with van der Waals surface area (Å²) in [5.74, 6) is 1.14. The maximum atomic E-state index is 11.1. The van der Waals surface area contributed by atoms with E-state index in [0.29, 0.717) is 11.7 Å². The molecule has 0 aromatic heterocycles. The third-order valence-electron chi connectivity index (χ3n) is 3.55. The summed E-state index contributed by atoms with van der Waals surface area (Å²) in [4.78, 5) is 11.1. The van der Waals surface area contributed by atoms with Gasteiger partial charge in [0.25, 0.3) is 0 Å². The van der Waals surface area contributed by atoms with Gasteiger partial charge >= 0.3 is 0 Å². The molecule has 2 nitrogen and oxygen atoms in total. The van der Waals surface area contributed by atoms with Crippen LogP contribution in [0.25, 0.3) is 0 Å². The topological polar surface area (TPSA) is 29.1 Å². The van der Waals surface area contributed by atoms with E-state index in [1.807, 2.05) is 0 Å². The van der Waals surface area contributed by atoms with E-state index in [0.717, 1.165) is 38.8 Å². The Labute approximate surface area is 103 Å². The standard InChI is InChI=1S/C15H21NO/c1-12-2-4-13(5-3-12)10-16-11-14-6-8-15(17)9-7-14/h2-5,14,16H,6-11H2,1H3. The molecule has 1 aromatic carbocycles. The van der Waals surface area contributed by atoms with E-state index in [9.17, 15) is 4.79 Å². The number of carbonyl (C=O) groups excluding carboxylic acids is 1. The minimum Gasteiger partial charge on any atom is -0.312 e. The van der Waals surface area contributed by atoms with E-state index < -0.39 is 0 Å². The predicted octanol–water partition coefficient (Wildman–Crippen LogP) is 2.84. The normalized spacial score (nSPS) is 17.4. The molecule has 0 unspecified atom stereocenters. The summed E-state index contributed by atoms with van der Waals surface area (Å²) in [5, 5.41) is 3.49. The number of ketones is 1. The van der Waals surface area contributed by atoms with Gasteiger partial charge in [-0.3, -0.25) is 4.79 Å². The lowest BCUT2D eigenvalue weighted by molar-refractivity contribution is -0.120. The number of aryl methyl sites for hydroxylation is 1. The van der Waals surface area contributed by atoms with Gasteiger partial charge in [0.15, 0.2) is 0 Å². The van der Waals surface area contributed by atoms with E-state index in [1.54, 1.807) is 0 Å². The highest BCUT2D eigenvalue weighted by molar-refractivity contribution is 5.79. The monoisotopic (exact) mass is 231 g/mol. The van der Waals surface area contributed by atoms with Gasteiger partial charge in [-0.05, 0) is 37.8 Å². The molecule has 2 heteroatoms. The Morgan fingerprint density at radius 3 is 2.47 bits per heavy atom. The van der Waals surface area contributed by atoms with Crippen LogP contribution >= 0.6 is 0 Å². The van der Waals surface area contributed by atoms with Crippen LogP contribution in [0.1, 0.15) is 36.8 Å². The average molecular weight is 231 g/mol. The summed E-state index contributed by atoms with van der Waals surface area (Å²) in [7, 11) is 0. The minimum absolute atomic E-state index is 0.444. The smallest absolute Gasteiger partial charge is 0.132 e. The quantitative estimate of drug-likeness (QED) is 0.863. The summed E-state index contributed by atoms with van der Waals surface area (Å²) < 4.78 is 0. The molecule has 1 N–H and O–H groups in total. The summed E-state index contributed by atoms with van der Waals surface area (Å²) in [5.41, 5.74) is 2.64. The van der Waals surface area contributed by atoms with E-state index in [-0.39, 0.29) is 0 Å². The Bertz CT molecular complexity index is 359. The third-order valence-corrected chi connectivity index (χ3v) is 3.55. The average Bonchev–Trinajstić information content (AvgIpc) is 2.34. The van der Waals surface area contributed by atoms with Gasteiger partial charge in [-0.1, -0.05) is 29.8 Å². The fourth-order valence-electron chi connectivity index (χ4n) is 2.33. The van der Waals surface area contributed by atoms with E-state index in [1.165, 1.54) is 11.1 Å². The van der Waals surface area contributed by atoms with Crippen LogP contribution in [-0.2, 0) is 11.3 Å². The van der Waals surface area contributed by atoms with E-state index in [4.69, 9.17) is 0 Å². The molecule has 17 heavy (non-hydrogen) atoms. The summed E-state index contributed by atoms with van der Waals surface area (Å²) >= 11 is 0. The van der Waals surface area contributed by atoms with Gasteiger partial charge in [0.2, 0.25) is 0 Å². The molecule has 0 atom stereocenters. The predicted molar refractivity (Wildman–Crippen MR) is 69.9 cm³/mol. The summed E-state index contributed by atoms with van der Waals surface area (Å²) in [6.07, 6.45) is 3.72. The van der Waals surface area contributed by atoms with Crippen LogP contribution in [0.3, 0.4) is 0 Å². The molecular weight excluding hydrogens is 210 g/mol. The molecule has 92 valence electrons. The Hall–Kier alpha value is -1.15. The largest absolute Gasteiger partial charge is 0.312 e. The van der Waals surface area contributed by atoms with Crippen molar-refractivity contribution in [2.45, 2.75) is 39.2 Å². The molecule has 0 aliphatic heterocycles. The van der Waals surface area contributed by atoms with Crippen LogP contribution < -0.4 is 5.32 Å². The molecule has 1 aliphatic rings. The molecule has 0 bridgehead atoms. The molecule has 1 fully saturated rings. The summed E-state index contributed by atoms with van der Waals surface area (Å²) in [6.45, 7) is 4.09.